The monoisotopic (exact) mass is 810 g/mol. The average molecular weight is 812 g/mol. The number of carbonyl (C=O) groups is 4. The number of aromatic hydroxyl groups is 1. The molecule has 2 saturated heterocycles. The Balaban J connectivity index is 1.18. The van der Waals surface area contributed by atoms with E-state index in [1.807, 2.05) is 31.2 Å². The van der Waals surface area contributed by atoms with E-state index in [1.165, 1.54) is 34.8 Å². The second kappa shape index (κ2) is 12.9. The van der Waals surface area contributed by atoms with Crippen LogP contribution in [0.4, 0.5) is 11.5 Å². The first kappa shape index (κ1) is 36.5. The molecule has 4 heterocycles. The van der Waals surface area contributed by atoms with Crippen LogP contribution >= 0.6 is 34.5 Å². The van der Waals surface area contributed by atoms with E-state index in [0.717, 1.165) is 20.5 Å². The van der Waals surface area contributed by atoms with Crippen molar-refractivity contribution >= 4 is 79.8 Å². The molecular formula is C42H36Cl2N4O7S. The predicted octanol–water partition coefficient (Wildman–Crippen LogP) is 8.08. The quantitative estimate of drug-likeness (QED) is 0.135. The highest BCUT2D eigenvalue weighted by Gasteiger charge is 2.68. The minimum absolute atomic E-state index is 0.134. The summed E-state index contributed by atoms with van der Waals surface area (Å²) >= 11 is 14.0. The number of rotatable bonds is 6. The van der Waals surface area contributed by atoms with Crippen molar-refractivity contribution in [1.82, 2.24) is 9.78 Å². The lowest BCUT2D eigenvalue weighted by molar-refractivity contribution is -0.131. The molecule has 56 heavy (non-hydrogen) atoms. The Bertz CT molecular complexity index is 2580. The molecule has 2 aliphatic heterocycles. The van der Waals surface area contributed by atoms with E-state index in [-0.39, 0.29) is 36.2 Å². The van der Waals surface area contributed by atoms with Crippen LogP contribution in [0.2, 0.25) is 10.0 Å². The van der Waals surface area contributed by atoms with E-state index in [4.69, 9.17) is 37.8 Å². The van der Waals surface area contributed by atoms with Gasteiger partial charge in [0.1, 0.15) is 28.8 Å². The van der Waals surface area contributed by atoms with Gasteiger partial charge in [0.15, 0.2) is 0 Å². The number of aromatic nitrogens is 2. The summed E-state index contributed by atoms with van der Waals surface area (Å²) in [6.45, 7) is 3.75. The Kier molecular flexibility index (Phi) is 8.43. The van der Waals surface area contributed by atoms with Crippen LogP contribution in [0.3, 0.4) is 0 Å². The Morgan fingerprint density at radius 2 is 1.62 bits per heavy atom. The number of phenolic OH excluding ortho intramolecular Hbond substituents is 1. The Morgan fingerprint density at radius 1 is 0.893 bits per heavy atom. The van der Waals surface area contributed by atoms with Crippen molar-refractivity contribution in [3.63, 3.8) is 0 Å². The van der Waals surface area contributed by atoms with Crippen LogP contribution in [-0.4, -0.2) is 52.7 Å². The largest absolute Gasteiger partial charge is 0.507 e. The van der Waals surface area contributed by atoms with E-state index < -0.39 is 46.8 Å². The van der Waals surface area contributed by atoms with Crippen molar-refractivity contribution in [1.29, 1.82) is 0 Å². The third kappa shape index (κ3) is 5.04. The molecule has 1 saturated carbocycles. The summed E-state index contributed by atoms with van der Waals surface area (Å²) in [6.07, 6.45) is 2.30. The fourth-order valence-electron chi connectivity index (χ4n) is 9.77. The third-order valence-electron chi connectivity index (χ3n) is 12.4. The smallest absolute Gasteiger partial charge is 0.242 e. The van der Waals surface area contributed by atoms with Crippen molar-refractivity contribution in [3.05, 3.63) is 93.5 Å². The number of carbonyl (C=O) groups excluding carboxylic acids is 4. The predicted molar refractivity (Wildman–Crippen MR) is 214 cm³/mol. The molecule has 6 unspecified atom stereocenters. The lowest BCUT2D eigenvalue weighted by Crippen LogP contribution is -2.49. The Hall–Kier alpha value is -5.17. The van der Waals surface area contributed by atoms with Crippen molar-refractivity contribution in [2.75, 3.05) is 24.0 Å². The van der Waals surface area contributed by atoms with E-state index in [9.17, 15) is 19.5 Å². The van der Waals surface area contributed by atoms with Crippen molar-refractivity contribution < 1.29 is 33.8 Å². The highest BCUT2D eigenvalue weighted by Crippen LogP contribution is 2.66. The van der Waals surface area contributed by atoms with Crippen LogP contribution in [-0.2, 0) is 26.2 Å². The first-order chi connectivity index (χ1) is 26.8. The van der Waals surface area contributed by atoms with Gasteiger partial charge in [-0.15, -0.1) is 11.3 Å². The lowest BCUT2D eigenvalue weighted by Gasteiger charge is -2.49. The fourth-order valence-corrected chi connectivity index (χ4v) is 11.2. The molecule has 0 spiro atoms. The number of benzene rings is 3. The zero-order chi connectivity index (χ0) is 39.5. The molecule has 3 fully saturated rings. The number of thiophene rings is 1. The summed E-state index contributed by atoms with van der Waals surface area (Å²) in [6, 6.07) is 17.1. The number of fused-ring (bicyclic) bond motifs is 5. The van der Waals surface area contributed by atoms with Crippen molar-refractivity contribution in [2.24, 2.45) is 36.1 Å². The summed E-state index contributed by atoms with van der Waals surface area (Å²) in [5, 5.41) is 18.6. The maximum Gasteiger partial charge on any atom is 0.242 e. The number of nitrogens with zero attached hydrogens (tertiary/aromatic N) is 4. The summed E-state index contributed by atoms with van der Waals surface area (Å²) in [7, 11) is 4.62. The highest BCUT2D eigenvalue weighted by atomic mass is 35.5. The van der Waals surface area contributed by atoms with Gasteiger partial charge in [-0.3, -0.25) is 28.8 Å². The molecule has 286 valence electrons. The maximum absolute atomic E-state index is 15.3. The number of amides is 4. The molecule has 1 N–H and O–H groups in total. The Morgan fingerprint density at radius 3 is 2.34 bits per heavy atom. The van der Waals surface area contributed by atoms with Gasteiger partial charge in [0, 0.05) is 51.5 Å². The van der Waals surface area contributed by atoms with Gasteiger partial charge in [-0.1, -0.05) is 34.9 Å². The van der Waals surface area contributed by atoms with Crippen LogP contribution in [0, 0.1) is 36.0 Å². The van der Waals surface area contributed by atoms with E-state index in [2.05, 4.69) is 0 Å². The number of phenols is 1. The molecule has 3 aromatic carbocycles. The molecule has 6 atom stereocenters. The zero-order valence-corrected chi connectivity index (χ0v) is 33.3. The number of imide groups is 2. The topological polar surface area (TPSA) is 131 Å². The number of aryl methyl sites for hydroxylation is 2. The zero-order valence-electron chi connectivity index (χ0n) is 31.0. The van der Waals surface area contributed by atoms with Crippen LogP contribution in [0.5, 0.6) is 17.2 Å². The van der Waals surface area contributed by atoms with E-state index in [1.54, 1.807) is 61.7 Å². The molecule has 0 radical (unpaired) electrons. The van der Waals surface area contributed by atoms with Gasteiger partial charge in [0.2, 0.25) is 23.6 Å². The maximum atomic E-state index is 15.3. The molecule has 9 rings (SSSR count). The van der Waals surface area contributed by atoms with Gasteiger partial charge >= 0.3 is 0 Å². The summed E-state index contributed by atoms with van der Waals surface area (Å²) < 4.78 is 13.9. The number of allylic oxidation sites excluding steroid dienone is 2. The van der Waals surface area contributed by atoms with Crippen molar-refractivity contribution in [3.8, 4) is 27.8 Å². The standard InChI is InChI=1S/C42H36Cl2N4O7S/c1-19-26-14-21(44)8-13-32(26)56-37(19)29-18-33(46(3)45-29)48-39(51)28-17-27-24(11-12-25-34(27)40(52)47(38(25)50)22-9-6-20(43)7-10-22)36(42(28,2)41(48)53)35-30(49)15-23(54-4)16-31(35)55-5/h6-11,13-16,18,25,27-28,34,36,49H,12,17H2,1-5H3. The number of hydrogen-bond donors (Lipinski definition) is 1. The van der Waals surface area contributed by atoms with Crippen LogP contribution in [0.1, 0.15) is 36.8 Å². The van der Waals surface area contributed by atoms with Gasteiger partial charge in [-0.05, 0) is 86.0 Å². The molecule has 14 heteroatoms. The second-order valence-electron chi connectivity index (χ2n) is 15.1. The first-order valence-corrected chi connectivity index (χ1v) is 19.7. The second-order valence-corrected chi connectivity index (χ2v) is 17.0. The number of halogens is 2. The van der Waals surface area contributed by atoms with Crippen LogP contribution in [0.25, 0.3) is 20.7 Å². The molecule has 4 amide bonds. The van der Waals surface area contributed by atoms with Gasteiger partial charge in [-0.2, -0.15) is 5.10 Å². The lowest BCUT2D eigenvalue weighted by atomic mass is 9.51. The van der Waals surface area contributed by atoms with E-state index >= 15 is 4.79 Å². The molecular weight excluding hydrogens is 775 g/mol. The first-order valence-electron chi connectivity index (χ1n) is 18.2. The van der Waals surface area contributed by atoms with Gasteiger partial charge in [-0.25, -0.2) is 4.90 Å². The van der Waals surface area contributed by atoms with Gasteiger partial charge in [0.05, 0.1) is 48.0 Å². The minimum Gasteiger partial charge on any atom is -0.507 e. The normalized spacial score (nSPS) is 25.8. The fraction of sp³-hybridized carbons (Fsp3) is 0.310. The Labute approximate surface area is 336 Å². The molecule has 2 aromatic heterocycles. The van der Waals surface area contributed by atoms with Crippen LogP contribution in [0.15, 0.2) is 72.3 Å². The van der Waals surface area contributed by atoms with E-state index in [0.29, 0.717) is 44.1 Å². The van der Waals surface area contributed by atoms with Gasteiger partial charge < -0.3 is 14.6 Å². The summed E-state index contributed by atoms with van der Waals surface area (Å²) in [5.74, 6) is -4.87. The van der Waals surface area contributed by atoms with Crippen LogP contribution < -0.4 is 19.3 Å². The average Bonchev–Trinajstić information content (AvgIpc) is 3.85. The number of ether oxygens (including phenoxy) is 2. The summed E-state index contributed by atoms with van der Waals surface area (Å²) in [4.78, 5) is 62.0. The summed E-state index contributed by atoms with van der Waals surface area (Å²) in [5.41, 5.74) is 1.55. The minimum atomic E-state index is -1.44. The highest BCUT2D eigenvalue weighted by molar-refractivity contribution is 7.22. The molecule has 4 aliphatic rings. The van der Waals surface area contributed by atoms with Gasteiger partial charge in [0.25, 0.3) is 0 Å². The SMILES string of the molecule is COc1cc(O)c(C2C3=CCC4C(=O)N(c5ccc(Cl)cc5)C(=O)C4C3CC3C(=O)N(c4cc(-c5sc6ccc(Cl)cc6c5C)nn4C)C(=O)C32C)c(OC)c1. The third-order valence-corrected chi connectivity index (χ3v) is 14.2. The molecule has 11 nitrogen and oxygen atoms in total. The molecule has 0 bridgehead atoms. The number of anilines is 2. The van der Waals surface area contributed by atoms with Crippen molar-refractivity contribution in [2.45, 2.75) is 32.6 Å². The number of hydrogen-bond acceptors (Lipinski definition) is 9. The molecule has 2 aliphatic carbocycles. The number of methoxy groups -OCH3 is 2. The molecule has 5 aromatic rings.